The zero-order chi connectivity index (χ0) is 14.8. The summed E-state index contributed by atoms with van der Waals surface area (Å²) in [6, 6.07) is 12.8. The summed E-state index contributed by atoms with van der Waals surface area (Å²) in [5.74, 6) is -0.0130. The number of carbonyl (C=O) groups is 1. The average Bonchev–Trinajstić information content (AvgIpc) is 2.84. The summed E-state index contributed by atoms with van der Waals surface area (Å²) >= 11 is 0. The SMILES string of the molecule is Cc1nc2ccc(NCc3ccc(C(=O)O)cc3)cc2[nH]1. The highest BCUT2D eigenvalue weighted by molar-refractivity contribution is 5.87. The number of carboxylic acids is 1. The van der Waals surface area contributed by atoms with Crippen LogP contribution in [0.4, 0.5) is 5.69 Å². The predicted octanol–water partition coefficient (Wildman–Crippen LogP) is 3.18. The van der Waals surface area contributed by atoms with E-state index in [0.29, 0.717) is 12.1 Å². The molecule has 1 heterocycles. The maximum absolute atomic E-state index is 10.8. The molecule has 3 rings (SSSR count). The molecule has 0 aliphatic heterocycles. The normalized spacial score (nSPS) is 10.7. The second-order valence-corrected chi connectivity index (χ2v) is 4.91. The molecule has 0 radical (unpaired) electrons. The predicted molar refractivity (Wildman–Crippen MR) is 81.6 cm³/mol. The van der Waals surface area contributed by atoms with Crippen LogP contribution < -0.4 is 5.32 Å². The van der Waals surface area contributed by atoms with Gasteiger partial charge in [0.1, 0.15) is 5.82 Å². The zero-order valence-electron chi connectivity index (χ0n) is 11.6. The van der Waals surface area contributed by atoms with E-state index < -0.39 is 5.97 Å². The van der Waals surface area contributed by atoms with Crippen molar-refractivity contribution in [3.8, 4) is 0 Å². The number of H-pyrrole nitrogens is 1. The van der Waals surface area contributed by atoms with Gasteiger partial charge in [0.25, 0.3) is 0 Å². The van der Waals surface area contributed by atoms with Gasteiger partial charge in [-0.15, -0.1) is 0 Å². The van der Waals surface area contributed by atoms with Gasteiger partial charge in [-0.2, -0.15) is 0 Å². The number of nitrogens with zero attached hydrogens (tertiary/aromatic N) is 1. The third kappa shape index (κ3) is 2.86. The standard InChI is InChI=1S/C16H15N3O2/c1-10-18-14-7-6-13(8-15(14)19-10)17-9-11-2-4-12(5-3-11)16(20)21/h2-8,17H,9H2,1H3,(H,18,19)(H,20,21). The molecule has 0 amide bonds. The molecule has 3 N–H and O–H groups in total. The molecule has 0 aliphatic rings. The topological polar surface area (TPSA) is 78.0 Å². The van der Waals surface area contributed by atoms with Crippen molar-refractivity contribution in [3.63, 3.8) is 0 Å². The maximum atomic E-state index is 10.8. The zero-order valence-corrected chi connectivity index (χ0v) is 11.6. The van der Waals surface area contributed by atoms with Gasteiger partial charge in [0, 0.05) is 12.2 Å². The first-order valence-corrected chi connectivity index (χ1v) is 6.64. The summed E-state index contributed by atoms with van der Waals surface area (Å²) in [7, 11) is 0. The van der Waals surface area contributed by atoms with Gasteiger partial charge >= 0.3 is 5.97 Å². The number of aromatic nitrogens is 2. The fourth-order valence-electron chi connectivity index (χ4n) is 2.22. The molecule has 0 saturated heterocycles. The van der Waals surface area contributed by atoms with E-state index in [4.69, 9.17) is 5.11 Å². The van der Waals surface area contributed by atoms with Crippen molar-refractivity contribution in [3.05, 3.63) is 59.4 Å². The van der Waals surface area contributed by atoms with E-state index in [9.17, 15) is 4.79 Å². The molecular formula is C16H15N3O2. The maximum Gasteiger partial charge on any atom is 0.335 e. The molecule has 3 aromatic rings. The second kappa shape index (κ2) is 5.28. The van der Waals surface area contributed by atoms with Gasteiger partial charge in [-0.05, 0) is 42.8 Å². The summed E-state index contributed by atoms with van der Waals surface area (Å²) in [4.78, 5) is 18.4. The molecule has 0 saturated carbocycles. The minimum absolute atomic E-state index is 0.299. The van der Waals surface area contributed by atoms with Gasteiger partial charge in [-0.1, -0.05) is 12.1 Å². The molecular weight excluding hydrogens is 266 g/mol. The summed E-state index contributed by atoms with van der Waals surface area (Å²) in [6.07, 6.45) is 0. The van der Waals surface area contributed by atoms with Crippen molar-refractivity contribution in [2.24, 2.45) is 0 Å². The highest BCUT2D eigenvalue weighted by atomic mass is 16.4. The first-order chi connectivity index (χ1) is 10.1. The first-order valence-electron chi connectivity index (χ1n) is 6.64. The number of nitrogens with one attached hydrogen (secondary N) is 2. The van der Waals surface area contributed by atoms with Gasteiger partial charge in [0.05, 0.1) is 16.6 Å². The van der Waals surface area contributed by atoms with E-state index in [1.807, 2.05) is 37.3 Å². The molecule has 21 heavy (non-hydrogen) atoms. The van der Waals surface area contributed by atoms with Gasteiger partial charge in [0.15, 0.2) is 0 Å². The molecule has 0 spiro atoms. The number of hydrogen-bond donors (Lipinski definition) is 3. The Balaban J connectivity index is 1.71. The van der Waals surface area contributed by atoms with Crippen LogP contribution in [0.15, 0.2) is 42.5 Å². The fraction of sp³-hybridized carbons (Fsp3) is 0.125. The average molecular weight is 281 g/mol. The van der Waals surface area contributed by atoms with Crippen LogP contribution in [0.1, 0.15) is 21.7 Å². The Morgan fingerprint density at radius 3 is 2.71 bits per heavy atom. The first kappa shape index (κ1) is 13.2. The number of imidazole rings is 1. The third-order valence-electron chi connectivity index (χ3n) is 3.30. The highest BCUT2D eigenvalue weighted by Crippen LogP contribution is 2.18. The largest absolute Gasteiger partial charge is 0.478 e. The van der Waals surface area contributed by atoms with Crippen LogP contribution in [0.3, 0.4) is 0 Å². The lowest BCUT2D eigenvalue weighted by molar-refractivity contribution is 0.0697. The van der Waals surface area contributed by atoms with Crippen molar-refractivity contribution in [1.82, 2.24) is 9.97 Å². The van der Waals surface area contributed by atoms with Crippen LogP contribution in [-0.4, -0.2) is 21.0 Å². The Hall–Kier alpha value is -2.82. The van der Waals surface area contributed by atoms with E-state index in [-0.39, 0.29) is 0 Å². The number of aromatic amines is 1. The minimum Gasteiger partial charge on any atom is -0.478 e. The Morgan fingerprint density at radius 1 is 1.24 bits per heavy atom. The summed E-state index contributed by atoms with van der Waals surface area (Å²) in [5, 5.41) is 12.2. The van der Waals surface area contributed by atoms with Crippen LogP contribution >= 0.6 is 0 Å². The minimum atomic E-state index is -0.908. The van der Waals surface area contributed by atoms with E-state index in [0.717, 1.165) is 28.1 Å². The number of carboxylic acid groups (broad SMARTS) is 1. The number of hydrogen-bond acceptors (Lipinski definition) is 3. The Kier molecular flexibility index (Phi) is 3.31. The van der Waals surface area contributed by atoms with Crippen LogP contribution in [0, 0.1) is 6.92 Å². The number of fused-ring (bicyclic) bond motifs is 1. The van der Waals surface area contributed by atoms with E-state index in [1.54, 1.807) is 12.1 Å². The highest BCUT2D eigenvalue weighted by Gasteiger charge is 2.03. The van der Waals surface area contributed by atoms with Gasteiger partial charge < -0.3 is 15.4 Å². The second-order valence-electron chi connectivity index (χ2n) is 4.91. The van der Waals surface area contributed by atoms with Crippen molar-refractivity contribution in [2.75, 3.05) is 5.32 Å². The molecule has 106 valence electrons. The monoisotopic (exact) mass is 281 g/mol. The number of aromatic carboxylic acids is 1. The van der Waals surface area contributed by atoms with Gasteiger partial charge in [0.2, 0.25) is 0 Å². The van der Waals surface area contributed by atoms with E-state index >= 15 is 0 Å². The van der Waals surface area contributed by atoms with Crippen LogP contribution in [-0.2, 0) is 6.54 Å². The lowest BCUT2D eigenvalue weighted by Gasteiger charge is -2.07. The van der Waals surface area contributed by atoms with Crippen LogP contribution in [0.2, 0.25) is 0 Å². The fourth-order valence-corrected chi connectivity index (χ4v) is 2.22. The summed E-state index contributed by atoms with van der Waals surface area (Å²) in [6.45, 7) is 2.57. The molecule has 5 heteroatoms. The Morgan fingerprint density at radius 2 is 2.00 bits per heavy atom. The molecule has 0 unspecified atom stereocenters. The lowest BCUT2D eigenvalue weighted by atomic mass is 10.1. The van der Waals surface area contributed by atoms with Crippen LogP contribution in [0.5, 0.6) is 0 Å². The number of anilines is 1. The summed E-state index contributed by atoms with van der Waals surface area (Å²) < 4.78 is 0. The van der Waals surface area contributed by atoms with Crippen molar-refractivity contribution in [2.45, 2.75) is 13.5 Å². The lowest BCUT2D eigenvalue weighted by Crippen LogP contribution is -2.01. The molecule has 0 atom stereocenters. The van der Waals surface area contributed by atoms with Crippen molar-refractivity contribution in [1.29, 1.82) is 0 Å². The smallest absolute Gasteiger partial charge is 0.335 e. The molecule has 0 fully saturated rings. The third-order valence-corrected chi connectivity index (χ3v) is 3.30. The van der Waals surface area contributed by atoms with Crippen molar-refractivity contribution < 1.29 is 9.90 Å². The molecule has 0 aliphatic carbocycles. The molecule has 1 aromatic heterocycles. The molecule has 2 aromatic carbocycles. The van der Waals surface area contributed by atoms with Gasteiger partial charge in [-0.25, -0.2) is 9.78 Å². The quantitative estimate of drug-likeness (QED) is 0.686. The van der Waals surface area contributed by atoms with E-state index in [1.165, 1.54) is 0 Å². The van der Waals surface area contributed by atoms with Gasteiger partial charge in [-0.3, -0.25) is 0 Å². The number of rotatable bonds is 4. The summed E-state index contributed by atoms with van der Waals surface area (Å²) in [5.41, 5.74) is 4.27. The number of aryl methyl sites for hydroxylation is 1. The number of benzene rings is 2. The molecule has 0 bridgehead atoms. The Labute approximate surface area is 121 Å². The van der Waals surface area contributed by atoms with E-state index in [2.05, 4.69) is 15.3 Å². The van der Waals surface area contributed by atoms with Crippen molar-refractivity contribution >= 4 is 22.7 Å². The Bertz CT molecular complexity index is 791. The molecule has 5 nitrogen and oxygen atoms in total. The van der Waals surface area contributed by atoms with Crippen LogP contribution in [0.25, 0.3) is 11.0 Å².